The summed E-state index contributed by atoms with van der Waals surface area (Å²) in [5, 5.41) is 3.83. The zero-order chi connectivity index (χ0) is 31.7. The molecule has 1 N–H and O–H groups in total. The number of nitrogens with zero attached hydrogens (tertiary/aromatic N) is 2. The van der Waals surface area contributed by atoms with E-state index in [1.165, 1.54) is 17.0 Å². The van der Waals surface area contributed by atoms with Crippen molar-refractivity contribution in [3.63, 3.8) is 0 Å². The summed E-state index contributed by atoms with van der Waals surface area (Å²) in [6.45, 7) is 3.49. The zero-order valence-corrected chi connectivity index (χ0v) is 27.4. The minimum absolute atomic E-state index is 0.000359. The van der Waals surface area contributed by atoms with Crippen LogP contribution in [0.15, 0.2) is 77.7 Å². The highest BCUT2D eigenvalue weighted by Gasteiger charge is 2.35. The molecule has 236 valence electrons. The summed E-state index contributed by atoms with van der Waals surface area (Å²) in [6, 6.07) is 18.7. The Hall–Kier alpha value is -3.27. The van der Waals surface area contributed by atoms with E-state index in [-0.39, 0.29) is 23.4 Å². The first-order valence-electron chi connectivity index (χ1n) is 15.0. The molecule has 0 aromatic heterocycles. The van der Waals surface area contributed by atoms with Gasteiger partial charge in [-0.05, 0) is 74.7 Å². The lowest BCUT2D eigenvalue weighted by molar-refractivity contribution is -0.140. The molecule has 1 unspecified atom stereocenters. The van der Waals surface area contributed by atoms with Crippen molar-refractivity contribution < 1.29 is 22.7 Å². The summed E-state index contributed by atoms with van der Waals surface area (Å²) in [5.41, 5.74) is 0.791. The zero-order valence-electron chi connectivity index (χ0n) is 25.0. The van der Waals surface area contributed by atoms with Crippen LogP contribution in [0.4, 0.5) is 5.69 Å². The lowest BCUT2D eigenvalue weighted by atomic mass is 9.95. The molecule has 1 saturated carbocycles. The molecule has 0 bridgehead atoms. The van der Waals surface area contributed by atoms with E-state index in [1.807, 2.05) is 13.8 Å². The van der Waals surface area contributed by atoms with Gasteiger partial charge in [0.2, 0.25) is 11.8 Å². The fraction of sp³-hybridized carbons (Fsp3) is 0.394. The van der Waals surface area contributed by atoms with E-state index in [0.29, 0.717) is 40.1 Å². The van der Waals surface area contributed by atoms with Crippen LogP contribution in [0.5, 0.6) is 5.75 Å². The average Bonchev–Trinajstić information content (AvgIpc) is 3.02. The van der Waals surface area contributed by atoms with Crippen LogP contribution in [0.25, 0.3) is 0 Å². The summed E-state index contributed by atoms with van der Waals surface area (Å²) in [6.07, 6.45) is 5.29. The molecule has 3 aromatic rings. The Morgan fingerprint density at radius 1 is 0.909 bits per heavy atom. The maximum atomic E-state index is 14.3. The van der Waals surface area contributed by atoms with Crippen molar-refractivity contribution >= 4 is 50.7 Å². The number of hydrogen-bond donors (Lipinski definition) is 1. The second-order valence-corrected chi connectivity index (χ2v) is 13.4. The molecule has 0 saturated heterocycles. The third-order valence-corrected chi connectivity index (χ3v) is 10.3. The molecule has 1 atom stereocenters. The Bertz CT molecular complexity index is 1490. The molecular weight excluding hydrogens is 621 g/mol. The Kier molecular flexibility index (Phi) is 11.9. The molecular formula is C33H39Cl2N3O5S. The summed E-state index contributed by atoms with van der Waals surface area (Å²) in [4.78, 5) is 29.4. The maximum Gasteiger partial charge on any atom is 0.264 e. The minimum atomic E-state index is -4.20. The van der Waals surface area contributed by atoms with Gasteiger partial charge in [0.05, 0.1) is 17.2 Å². The van der Waals surface area contributed by atoms with E-state index < -0.39 is 28.5 Å². The Labute approximate surface area is 270 Å². The first kappa shape index (κ1) is 33.6. The molecule has 0 radical (unpaired) electrons. The molecule has 0 heterocycles. The van der Waals surface area contributed by atoms with E-state index in [0.717, 1.165) is 36.4 Å². The molecule has 11 heteroatoms. The van der Waals surface area contributed by atoms with Crippen molar-refractivity contribution in [3.8, 4) is 5.75 Å². The Balaban J connectivity index is 1.71. The number of rotatable bonds is 13. The number of carbonyl (C=O) groups is 2. The Morgan fingerprint density at radius 3 is 2.14 bits per heavy atom. The van der Waals surface area contributed by atoms with E-state index in [2.05, 4.69) is 5.32 Å². The van der Waals surface area contributed by atoms with E-state index in [4.69, 9.17) is 27.9 Å². The standard InChI is InChI=1S/C33H39Cl2N3O5S/c1-3-31(33(40)36-24-12-7-5-8-13-24)37(22-28-29(34)16-11-17-30(28)35)32(39)23-38(25-14-9-6-10-15-25)44(41,42)27-20-18-26(19-21-27)43-4-2/h6,9-11,14-21,24,31H,3-5,7-8,12-13,22-23H2,1-2H3,(H,36,40). The second kappa shape index (κ2) is 15.6. The number of benzene rings is 3. The van der Waals surface area contributed by atoms with Gasteiger partial charge in [-0.25, -0.2) is 8.42 Å². The number of nitrogens with one attached hydrogen (secondary N) is 1. The van der Waals surface area contributed by atoms with Crippen molar-refractivity contribution in [3.05, 3.63) is 88.4 Å². The molecule has 0 spiro atoms. The van der Waals surface area contributed by atoms with Crippen LogP contribution in [0.3, 0.4) is 0 Å². The van der Waals surface area contributed by atoms with Crippen LogP contribution in [-0.2, 0) is 26.2 Å². The normalized spacial score (nSPS) is 14.5. The van der Waals surface area contributed by atoms with Gasteiger partial charge in [-0.2, -0.15) is 0 Å². The third kappa shape index (κ3) is 8.25. The number of ether oxygens (including phenoxy) is 1. The van der Waals surface area contributed by atoms with Gasteiger partial charge < -0.3 is 15.0 Å². The number of amides is 2. The molecule has 44 heavy (non-hydrogen) atoms. The fourth-order valence-corrected chi connectivity index (χ4v) is 7.37. The molecule has 8 nitrogen and oxygen atoms in total. The van der Waals surface area contributed by atoms with Gasteiger partial charge in [0.25, 0.3) is 10.0 Å². The van der Waals surface area contributed by atoms with Gasteiger partial charge >= 0.3 is 0 Å². The summed E-state index contributed by atoms with van der Waals surface area (Å²) < 4.78 is 34.7. The predicted octanol–water partition coefficient (Wildman–Crippen LogP) is 6.84. The fourth-order valence-electron chi connectivity index (χ4n) is 5.44. The van der Waals surface area contributed by atoms with Crippen LogP contribution >= 0.6 is 23.2 Å². The van der Waals surface area contributed by atoms with Gasteiger partial charge in [0, 0.05) is 28.2 Å². The van der Waals surface area contributed by atoms with Crippen molar-refractivity contribution in [2.24, 2.45) is 0 Å². The maximum absolute atomic E-state index is 14.3. The highest BCUT2D eigenvalue weighted by atomic mass is 35.5. The minimum Gasteiger partial charge on any atom is -0.494 e. The van der Waals surface area contributed by atoms with E-state index in [1.54, 1.807) is 60.7 Å². The van der Waals surface area contributed by atoms with Gasteiger partial charge in [-0.3, -0.25) is 13.9 Å². The summed E-state index contributed by atoms with van der Waals surface area (Å²) >= 11 is 13.0. The summed E-state index contributed by atoms with van der Waals surface area (Å²) in [7, 11) is -4.20. The van der Waals surface area contributed by atoms with Crippen molar-refractivity contribution in [1.29, 1.82) is 0 Å². The van der Waals surface area contributed by atoms with Crippen LogP contribution in [0, 0.1) is 0 Å². The van der Waals surface area contributed by atoms with Gasteiger partial charge in [0.1, 0.15) is 18.3 Å². The number of hydrogen-bond acceptors (Lipinski definition) is 5. The largest absolute Gasteiger partial charge is 0.494 e. The average molecular weight is 661 g/mol. The highest BCUT2D eigenvalue weighted by Crippen LogP contribution is 2.29. The highest BCUT2D eigenvalue weighted by molar-refractivity contribution is 7.92. The van der Waals surface area contributed by atoms with Crippen LogP contribution in [0.2, 0.25) is 10.0 Å². The molecule has 0 aliphatic heterocycles. The number of para-hydroxylation sites is 1. The number of halogens is 2. The molecule has 1 fully saturated rings. The number of sulfonamides is 1. The molecule has 3 aromatic carbocycles. The molecule has 2 amide bonds. The van der Waals surface area contributed by atoms with Gasteiger partial charge in [-0.15, -0.1) is 0 Å². The molecule has 1 aliphatic carbocycles. The van der Waals surface area contributed by atoms with E-state index in [9.17, 15) is 18.0 Å². The first-order valence-corrected chi connectivity index (χ1v) is 17.2. The smallest absolute Gasteiger partial charge is 0.264 e. The van der Waals surface area contributed by atoms with E-state index >= 15 is 0 Å². The SMILES string of the molecule is CCOc1ccc(S(=O)(=O)N(CC(=O)N(Cc2c(Cl)cccc2Cl)C(CC)C(=O)NC2CCCCC2)c2ccccc2)cc1. The molecule has 1 aliphatic rings. The topological polar surface area (TPSA) is 96.0 Å². The van der Waals surface area contributed by atoms with Crippen LogP contribution in [0.1, 0.15) is 57.9 Å². The third-order valence-electron chi connectivity index (χ3n) is 7.77. The predicted molar refractivity (Wildman–Crippen MR) is 175 cm³/mol. The Morgan fingerprint density at radius 2 is 1.55 bits per heavy atom. The lowest BCUT2D eigenvalue weighted by Crippen LogP contribution is -2.54. The van der Waals surface area contributed by atoms with Crippen LogP contribution in [-0.4, -0.2) is 50.4 Å². The van der Waals surface area contributed by atoms with Crippen molar-refractivity contribution in [2.45, 2.75) is 75.9 Å². The number of carbonyl (C=O) groups excluding carboxylic acids is 2. The van der Waals surface area contributed by atoms with Gasteiger partial charge in [-0.1, -0.05) is 73.7 Å². The second-order valence-electron chi connectivity index (χ2n) is 10.7. The monoisotopic (exact) mass is 659 g/mol. The lowest BCUT2D eigenvalue weighted by Gasteiger charge is -2.34. The van der Waals surface area contributed by atoms with Crippen LogP contribution < -0.4 is 14.4 Å². The quantitative estimate of drug-likeness (QED) is 0.217. The van der Waals surface area contributed by atoms with Crippen molar-refractivity contribution in [1.82, 2.24) is 10.2 Å². The summed E-state index contributed by atoms with van der Waals surface area (Å²) in [5.74, 6) is -0.312. The van der Waals surface area contributed by atoms with Crippen molar-refractivity contribution in [2.75, 3.05) is 17.5 Å². The first-order chi connectivity index (χ1) is 21.1. The van der Waals surface area contributed by atoms with Gasteiger partial charge in [0.15, 0.2) is 0 Å². The molecule has 4 rings (SSSR count). The number of anilines is 1.